The summed E-state index contributed by atoms with van der Waals surface area (Å²) in [4.78, 5) is 0. The quantitative estimate of drug-likeness (QED) is 0.659. The first-order valence-electron chi connectivity index (χ1n) is 5.56. The Morgan fingerprint density at radius 1 is 0.750 bits per heavy atom. The van der Waals surface area contributed by atoms with Crippen LogP contribution in [0, 0.1) is 0 Å². The number of halogens is 8. The van der Waals surface area contributed by atoms with Gasteiger partial charge in [-0.15, -0.1) is 0 Å². The van der Waals surface area contributed by atoms with Gasteiger partial charge in [-0.1, -0.05) is 19.1 Å². The normalized spacial score (nSPS) is 25.1. The highest BCUT2D eigenvalue weighted by Crippen LogP contribution is 2.64. The van der Waals surface area contributed by atoms with Crippen molar-refractivity contribution >= 4 is 0 Å². The van der Waals surface area contributed by atoms with Crippen LogP contribution >= 0.6 is 0 Å². The van der Waals surface area contributed by atoms with Crippen molar-refractivity contribution in [2.75, 3.05) is 0 Å². The van der Waals surface area contributed by atoms with Crippen LogP contribution in [-0.2, 0) is 18.3 Å². The third kappa shape index (κ3) is 1.47. The van der Waals surface area contributed by atoms with E-state index in [1.54, 1.807) is 0 Å². The lowest BCUT2D eigenvalue weighted by Crippen LogP contribution is -2.63. The lowest BCUT2D eigenvalue weighted by Gasteiger charge is -2.42. The molecule has 0 N–H and O–H groups in total. The number of alkyl halides is 8. The molecule has 0 amide bonds. The Kier molecular flexibility index (Phi) is 2.90. The summed E-state index contributed by atoms with van der Waals surface area (Å²) in [6.07, 6.45) is 0.108. The molecule has 0 spiro atoms. The molecule has 0 heterocycles. The summed E-state index contributed by atoms with van der Waals surface area (Å²) in [6.45, 7) is 1.48. The highest BCUT2D eigenvalue weighted by molar-refractivity contribution is 5.44. The maximum absolute atomic E-state index is 13.6. The third-order valence-electron chi connectivity index (χ3n) is 3.35. The van der Waals surface area contributed by atoms with Crippen LogP contribution in [0.5, 0.6) is 0 Å². The maximum atomic E-state index is 13.6. The largest absolute Gasteiger partial charge is 0.382 e. The maximum Gasteiger partial charge on any atom is 0.382 e. The SMILES string of the molecule is CCc1ccc2c(c1)C(F)(F)C(F)(F)C(F)(F)C2(F)F. The van der Waals surface area contributed by atoms with Crippen molar-refractivity contribution in [2.24, 2.45) is 0 Å². The van der Waals surface area contributed by atoms with Gasteiger partial charge in [0.2, 0.25) is 0 Å². The van der Waals surface area contributed by atoms with Gasteiger partial charge in [0.15, 0.2) is 0 Å². The van der Waals surface area contributed by atoms with E-state index < -0.39 is 34.8 Å². The topological polar surface area (TPSA) is 0 Å². The third-order valence-corrected chi connectivity index (χ3v) is 3.35. The molecule has 20 heavy (non-hydrogen) atoms. The second-order valence-corrected chi connectivity index (χ2v) is 4.53. The number of aryl methyl sites for hydroxylation is 1. The molecule has 0 fully saturated rings. The summed E-state index contributed by atoms with van der Waals surface area (Å²) in [5.41, 5.74) is -3.45. The summed E-state index contributed by atoms with van der Waals surface area (Å²) in [6, 6.07) is 1.71. The fourth-order valence-electron chi connectivity index (χ4n) is 2.08. The average molecular weight is 304 g/mol. The van der Waals surface area contributed by atoms with Crippen molar-refractivity contribution in [3.8, 4) is 0 Å². The molecule has 0 saturated heterocycles. The predicted octanol–water partition coefficient (Wildman–Crippen LogP) is 4.72. The molecule has 1 aromatic carbocycles. The highest BCUT2D eigenvalue weighted by Gasteiger charge is 2.85. The van der Waals surface area contributed by atoms with Gasteiger partial charge < -0.3 is 0 Å². The summed E-state index contributed by atoms with van der Waals surface area (Å²) in [7, 11) is 0. The van der Waals surface area contributed by atoms with Gasteiger partial charge in [0.05, 0.1) is 0 Å². The van der Waals surface area contributed by atoms with Gasteiger partial charge in [-0.3, -0.25) is 0 Å². The van der Waals surface area contributed by atoms with Crippen LogP contribution in [0.4, 0.5) is 35.1 Å². The summed E-state index contributed by atoms with van der Waals surface area (Å²) in [5, 5.41) is 0. The molecule has 0 radical (unpaired) electrons. The number of rotatable bonds is 1. The molecule has 2 rings (SSSR count). The van der Waals surface area contributed by atoms with Crippen LogP contribution in [0.25, 0.3) is 0 Å². The van der Waals surface area contributed by atoms with Crippen LogP contribution in [0.1, 0.15) is 23.6 Å². The Balaban J connectivity index is 2.85. The Morgan fingerprint density at radius 2 is 1.20 bits per heavy atom. The van der Waals surface area contributed by atoms with E-state index in [9.17, 15) is 35.1 Å². The van der Waals surface area contributed by atoms with Crippen LogP contribution in [0.2, 0.25) is 0 Å². The fourth-order valence-corrected chi connectivity index (χ4v) is 2.08. The standard InChI is InChI=1S/C12H8F8/c1-2-6-3-4-7-8(5-6)10(15,16)12(19,20)11(17,18)9(7,13)14/h3-5H,2H2,1H3. The Hall–Kier alpha value is -1.34. The molecule has 1 aliphatic carbocycles. The van der Waals surface area contributed by atoms with Crippen LogP contribution in [0.3, 0.4) is 0 Å². The Labute approximate surface area is 108 Å². The first-order valence-corrected chi connectivity index (χ1v) is 5.56. The zero-order valence-electron chi connectivity index (χ0n) is 9.96. The smallest absolute Gasteiger partial charge is 0.194 e. The molecule has 0 aromatic heterocycles. The minimum atomic E-state index is -6.18. The Morgan fingerprint density at radius 3 is 1.65 bits per heavy atom. The molecule has 0 aliphatic heterocycles. The molecule has 0 unspecified atom stereocenters. The van der Waals surface area contributed by atoms with E-state index in [4.69, 9.17) is 0 Å². The molecule has 0 bridgehead atoms. The van der Waals surface area contributed by atoms with E-state index in [1.165, 1.54) is 6.92 Å². The summed E-state index contributed by atoms with van der Waals surface area (Å²) in [5.74, 6) is -23.1. The number of fused-ring (bicyclic) bond motifs is 1. The minimum absolute atomic E-state index is 0.0697. The van der Waals surface area contributed by atoms with Gasteiger partial charge in [0.1, 0.15) is 0 Å². The molecule has 8 heteroatoms. The fraction of sp³-hybridized carbons (Fsp3) is 0.500. The average Bonchev–Trinajstić information content (AvgIpc) is 2.36. The van der Waals surface area contributed by atoms with E-state index in [0.717, 1.165) is 6.07 Å². The molecule has 0 nitrogen and oxygen atoms in total. The first kappa shape index (κ1) is 15.1. The van der Waals surface area contributed by atoms with Gasteiger partial charge in [-0.25, -0.2) is 0 Å². The van der Waals surface area contributed by atoms with E-state index in [-0.39, 0.29) is 12.0 Å². The molecule has 1 aromatic rings. The zero-order chi connectivity index (χ0) is 15.6. The van der Waals surface area contributed by atoms with Crippen LogP contribution < -0.4 is 0 Å². The van der Waals surface area contributed by atoms with E-state index in [0.29, 0.717) is 12.1 Å². The summed E-state index contributed by atoms with van der Waals surface area (Å²) >= 11 is 0. The van der Waals surface area contributed by atoms with Gasteiger partial charge in [0.25, 0.3) is 0 Å². The van der Waals surface area contributed by atoms with Crippen LogP contribution in [-0.4, -0.2) is 11.8 Å². The number of benzene rings is 1. The predicted molar refractivity (Wildman–Crippen MR) is 53.5 cm³/mol. The van der Waals surface area contributed by atoms with Crippen molar-refractivity contribution in [3.63, 3.8) is 0 Å². The lowest BCUT2D eigenvalue weighted by atomic mass is 9.79. The van der Waals surface area contributed by atoms with Gasteiger partial charge in [-0.05, 0) is 18.1 Å². The molecule has 112 valence electrons. The second-order valence-electron chi connectivity index (χ2n) is 4.53. The number of hydrogen-bond donors (Lipinski definition) is 0. The van der Waals surface area contributed by atoms with Crippen molar-refractivity contribution in [3.05, 3.63) is 34.9 Å². The van der Waals surface area contributed by atoms with Crippen molar-refractivity contribution in [1.82, 2.24) is 0 Å². The Bertz CT molecular complexity index is 546. The van der Waals surface area contributed by atoms with Crippen molar-refractivity contribution in [1.29, 1.82) is 0 Å². The van der Waals surface area contributed by atoms with Crippen molar-refractivity contribution in [2.45, 2.75) is 37.0 Å². The first-order chi connectivity index (χ1) is 8.91. The van der Waals surface area contributed by atoms with Gasteiger partial charge in [0, 0.05) is 11.1 Å². The zero-order valence-corrected chi connectivity index (χ0v) is 9.96. The molecular weight excluding hydrogens is 296 g/mol. The van der Waals surface area contributed by atoms with Gasteiger partial charge in [-0.2, -0.15) is 35.1 Å². The molecule has 1 aliphatic rings. The van der Waals surface area contributed by atoms with E-state index in [1.807, 2.05) is 0 Å². The van der Waals surface area contributed by atoms with E-state index >= 15 is 0 Å². The lowest BCUT2D eigenvalue weighted by molar-refractivity contribution is -0.386. The monoisotopic (exact) mass is 304 g/mol. The van der Waals surface area contributed by atoms with Gasteiger partial charge >= 0.3 is 23.7 Å². The molecular formula is C12H8F8. The second kappa shape index (κ2) is 3.85. The van der Waals surface area contributed by atoms with Crippen LogP contribution in [0.15, 0.2) is 18.2 Å². The number of hydrogen-bond acceptors (Lipinski definition) is 0. The minimum Gasteiger partial charge on any atom is -0.194 e. The molecule has 0 atom stereocenters. The summed E-state index contributed by atoms with van der Waals surface area (Å²) < 4.78 is 107. The molecule has 0 saturated carbocycles. The highest BCUT2D eigenvalue weighted by atomic mass is 19.4. The van der Waals surface area contributed by atoms with Crippen molar-refractivity contribution < 1.29 is 35.1 Å². The van der Waals surface area contributed by atoms with E-state index in [2.05, 4.69) is 0 Å².